The van der Waals surface area contributed by atoms with Gasteiger partial charge in [0.15, 0.2) is 0 Å². The van der Waals surface area contributed by atoms with Gasteiger partial charge in [0.25, 0.3) is 0 Å². The Hall–Kier alpha value is -0.120. The summed E-state index contributed by atoms with van der Waals surface area (Å²) in [5.74, 6) is 0.990. The Bertz CT molecular complexity index is 226. The van der Waals surface area contributed by atoms with Gasteiger partial charge in [-0.1, -0.05) is 13.8 Å². The third-order valence-corrected chi connectivity index (χ3v) is 4.83. The van der Waals surface area contributed by atoms with E-state index in [0.717, 1.165) is 12.0 Å². The molecule has 0 aromatic carbocycles. The van der Waals surface area contributed by atoms with E-state index in [1.165, 1.54) is 65.1 Å². The van der Waals surface area contributed by atoms with Gasteiger partial charge in [0.1, 0.15) is 0 Å². The fraction of sp³-hybridized carbons (Fsp3) is 1.00. The standard InChI is InChI=1S/C15H31N3.C2H6/c1-14(2)18-12-10-17(11-13-18)9-6-15-4-7-16(3)8-5-15;1-2/h14-15H,4-13H2,1-3H3;1-2H3. The first-order valence-corrected chi connectivity index (χ1v) is 8.80. The molecule has 0 atom stereocenters. The predicted octanol–water partition coefficient (Wildman–Crippen LogP) is 2.77. The summed E-state index contributed by atoms with van der Waals surface area (Å²) in [5.41, 5.74) is 0. The molecule has 3 heteroatoms. The normalized spacial score (nSPS) is 23.7. The lowest BCUT2D eigenvalue weighted by Crippen LogP contribution is -2.49. The van der Waals surface area contributed by atoms with Gasteiger partial charge in [-0.25, -0.2) is 0 Å². The lowest BCUT2D eigenvalue weighted by Gasteiger charge is -2.38. The highest BCUT2D eigenvalue weighted by Crippen LogP contribution is 2.20. The largest absolute Gasteiger partial charge is 0.306 e. The van der Waals surface area contributed by atoms with Crippen LogP contribution >= 0.6 is 0 Å². The zero-order chi connectivity index (χ0) is 15.0. The number of hydrogen-bond donors (Lipinski definition) is 0. The molecule has 0 unspecified atom stereocenters. The van der Waals surface area contributed by atoms with Crippen molar-refractivity contribution in [1.82, 2.24) is 14.7 Å². The molecule has 0 aromatic heterocycles. The van der Waals surface area contributed by atoms with E-state index in [1.807, 2.05) is 13.8 Å². The van der Waals surface area contributed by atoms with Crippen LogP contribution in [0.25, 0.3) is 0 Å². The fourth-order valence-corrected chi connectivity index (χ4v) is 3.22. The van der Waals surface area contributed by atoms with E-state index in [0.29, 0.717) is 0 Å². The summed E-state index contributed by atoms with van der Waals surface area (Å²) in [7, 11) is 2.25. The molecule has 0 aliphatic carbocycles. The molecule has 2 fully saturated rings. The lowest BCUT2D eigenvalue weighted by atomic mass is 9.93. The summed E-state index contributed by atoms with van der Waals surface area (Å²) >= 11 is 0. The molecule has 3 nitrogen and oxygen atoms in total. The Labute approximate surface area is 127 Å². The van der Waals surface area contributed by atoms with E-state index in [1.54, 1.807) is 0 Å². The molecule has 0 amide bonds. The number of likely N-dealkylation sites (tertiary alicyclic amines) is 1. The molecule has 0 saturated carbocycles. The van der Waals surface area contributed by atoms with Gasteiger partial charge in [-0.2, -0.15) is 0 Å². The van der Waals surface area contributed by atoms with Gasteiger partial charge in [0.05, 0.1) is 0 Å². The molecule has 20 heavy (non-hydrogen) atoms. The van der Waals surface area contributed by atoms with Crippen molar-refractivity contribution in [2.45, 2.75) is 53.0 Å². The molecular formula is C17H37N3. The second-order valence-corrected chi connectivity index (χ2v) is 6.51. The Morgan fingerprint density at radius 2 is 1.45 bits per heavy atom. The molecule has 0 bridgehead atoms. The Morgan fingerprint density at radius 1 is 0.900 bits per heavy atom. The molecule has 0 radical (unpaired) electrons. The van der Waals surface area contributed by atoms with Crippen LogP contribution in [0.15, 0.2) is 0 Å². The molecule has 0 N–H and O–H groups in total. The Balaban J connectivity index is 0.000000956. The minimum Gasteiger partial charge on any atom is -0.306 e. The second-order valence-electron chi connectivity index (χ2n) is 6.51. The van der Waals surface area contributed by atoms with E-state index in [4.69, 9.17) is 0 Å². The molecular weight excluding hydrogens is 246 g/mol. The number of nitrogens with zero attached hydrogens (tertiary/aromatic N) is 3. The van der Waals surface area contributed by atoms with Gasteiger partial charge in [-0.15, -0.1) is 0 Å². The van der Waals surface area contributed by atoms with Crippen LogP contribution in [-0.2, 0) is 0 Å². The average Bonchev–Trinajstić information content (AvgIpc) is 2.49. The van der Waals surface area contributed by atoms with Crippen LogP contribution in [0.2, 0.25) is 0 Å². The summed E-state index contributed by atoms with van der Waals surface area (Å²) < 4.78 is 0. The van der Waals surface area contributed by atoms with Crippen LogP contribution in [0.5, 0.6) is 0 Å². The van der Waals surface area contributed by atoms with Crippen molar-refractivity contribution < 1.29 is 0 Å². The van der Waals surface area contributed by atoms with E-state index < -0.39 is 0 Å². The monoisotopic (exact) mass is 283 g/mol. The van der Waals surface area contributed by atoms with Crippen LogP contribution in [0.1, 0.15) is 47.0 Å². The second kappa shape index (κ2) is 9.75. The average molecular weight is 284 g/mol. The third-order valence-electron chi connectivity index (χ3n) is 4.83. The highest BCUT2D eigenvalue weighted by atomic mass is 15.3. The van der Waals surface area contributed by atoms with Crippen LogP contribution < -0.4 is 0 Å². The highest BCUT2D eigenvalue weighted by Gasteiger charge is 2.21. The van der Waals surface area contributed by atoms with Crippen LogP contribution in [0.3, 0.4) is 0 Å². The fourth-order valence-electron chi connectivity index (χ4n) is 3.22. The van der Waals surface area contributed by atoms with E-state index in [2.05, 4.69) is 35.6 Å². The summed E-state index contributed by atoms with van der Waals surface area (Å²) in [6, 6.07) is 0.723. The van der Waals surface area contributed by atoms with E-state index in [9.17, 15) is 0 Å². The van der Waals surface area contributed by atoms with Crippen molar-refractivity contribution in [3.8, 4) is 0 Å². The number of hydrogen-bond acceptors (Lipinski definition) is 3. The Kier molecular flexibility index (Phi) is 8.74. The van der Waals surface area contributed by atoms with Gasteiger partial charge in [0.2, 0.25) is 0 Å². The zero-order valence-electron chi connectivity index (χ0n) is 14.6. The summed E-state index contributed by atoms with van der Waals surface area (Å²) in [4.78, 5) is 7.75. The quantitative estimate of drug-likeness (QED) is 0.785. The molecule has 2 saturated heterocycles. The molecule has 2 aliphatic rings. The van der Waals surface area contributed by atoms with Gasteiger partial charge >= 0.3 is 0 Å². The first-order valence-electron chi connectivity index (χ1n) is 8.80. The van der Waals surface area contributed by atoms with Gasteiger partial charge in [-0.05, 0) is 65.7 Å². The number of rotatable bonds is 4. The van der Waals surface area contributed by atoms with Gasteiger partial charge in [-0.3, -0.25) is 4.90 Å². The minimum absolute atomic E-state index is 0.723. The first kappa shape index (κ1) is 17.9. The Morgan fingerprint density at radius 3 is 1.95 bits per heavy atom. The van der Waals surface area contributed by atoms with Gasteiger partial charge < -0.3 is 9.80 Å². The predicted molar refractivity (Wildman–Crippen MR) is 89.3 cm³/mol. The van der Waals surface area contributed by atoms with Crippen LogP contribution in [0.4, 0.5) is 0 Å². The maximum absolute atomic E-state index is 2.68. The maximum atomic E-state index is 2.68. The van der Waals surface area contributed by atoms with Crippen molar-refractivity contribution in [3.05, 3.63) is 0 Å². The smallest absolute Gasteiger partial charge is 0.0113 e. The molecule has 2 rings (SSSR count). The molecule has 2 heterocycles. The molecule has 2 aliphatic heterocycles. The maximum Gasteiger partial charge on any atom is 0.0113 e. The minimum atomic E-state index is 0.723. The van der Waals surface area contributed by atoms with Crippen molar-refractivity contribution in [1.29, 1.82) is 0 Å². The van der Waals surface area contributed by atoms with Crippen molar-refractivity contribution >= 4 is 0 Å². The third kappa shape index (κ3) is 6.11. The molecule has 0 spiro atoms. The summed E-state index contributed by atoms with van der Waals surface area (Å²) in [6.45, 7) is 17.7. The zero-order valence-corrected chi connectivity index (χ0v) is 14.6. The first-order chi connectivity index (χ1) is 9.65. The van der Waals surface area contributed by atoms with Gasteiger partial charge in [0, 0.05) is 32.2 Å². The summed E-state index contributed by atoms with van der Waals surface area (Å²) in [6.07, 6.45) is 4.26. The van der Waals surface area contributed by atoms with E-state index in [-0.39, 0.29) is 0 Å². The van der Waals surface area contributed by atoms with E-state index >= 15 is 0 Å². The van der Waals surface area contributed by atoms with Crippen LogP contribution in [0, 0.1) is 5.92 Å². The topological polar surface area (TPSA) is 9.72 Å². The van der Waals surface area contributed by atoms with Crippen molar-refractivity contribution in [2.24, 2.45) is 5.92 Å². The SMILES string of the molecule is CC.CC(C)N1CCN(CCC2CCN(C)CC2)CC1. The van der Waals surface area contributed by atoms with Crippen molar-refractivity contribution in [3.63, 3.8) is 0 Å². The number of piperazine rings is 1. The van der Waals surface area contributed by atoms with Crippen LogP contribution in [-0.4, -0.2) is 73.6 Å². The summed E-state index contributed by atoms with van der Waals surface area (Å²) in [5, 5.41) is 0. The van der Waals surface area contributed by atoms with Crippen molar-refractivity contribution in [2.75, 3.05) is 52.9 Å². The highest BCUT2D eigenvalue weighted by molar-refractivity contribution is 4.76. The molecule has 120 valence electrons. The molecule has 0 aromatic rings. The number of piperidine rings is 1. The lowest BCUT2D eigenvalue weighted by molar-refractivity contribution is 0.0993.